The van der Waals surface area contributed by atoms with E-state index in [-0.39, 0.29) is 62.0 Å². The summed E-state index contributed by atoms with van der Waals surface area (Å²) >= 11 is 0. The van der Waals surface area contributed by atoms with Crippen LogP contribution in [-0.2, 0) is 62.0 Å². The normalized spacial score (nSPS) is 19.5. The van der Waals surface area contributed by atoms with E-state index in [9.17, 15) is 57.4 Å². The number of unbranched alkanes of at least 4 members (excludes halogenated alkanes) is 2. The fraction of sp³-hybridized carbons (Fsp3) is 0.690. The quantitative estimate of drug-likeness (QED) is 0.0252. The second kappa shape index (κ2) is 26.0. The van der Waals surface area contributed by atoms with Gasteiger partial charge in [0.05, 0.1) is 18.8 Å². The summed E-state index contributed by atoms with van der Waals surface area (Å²) in [7, 11) is -14.2. The summed E-state index contributed by atoms with van der Waals surface area (Å²) in [6, 6.07) is -2.09. The number of nitrogens with two attached hydrogens (primary N) is 2. The van der Waals surface area contributed by atoms with Gasteiger partial charge in [0, 0.05) is 62.0 Å². The molecule has 4 unspecified atom stereocenters. The average Bonchev–Trinajstić information content (AvgIpc) is 3.50. The first-order chi connectivity index (χ1) is 28.4. The predicted molar refractivity (Wildman–Crippen MR) is 214 cm³/mol. The van der Waals surface area contributed by atoms with E-state index in [4.69, 9.17) is 36.2 Å². The Labute approximate surface area is 355 Å². The van der Waals surface area contributed by atoms with Crippen LogP contribution in [0.25, 0.3) is 0 Å². The molecule has 7 atom stereocenters. The second-order valence-electron chi connectivity index (χ2n) is 13.1. The van der Waals surface area contributed by atoms with Crippen LogP contribution in [0.5, 0.6) is 0 Å². The van der Waals surface area contributed by atoms with Gasteiger partial charge in [0.1, 0.15) is 24.2 Å². The number of anilines is 1. The molecule has 0 bridgehead atoms. The molecule has 1 aromatic heterocycles. The van der Waals surface area contributed by atoms with Gasteiger partial charge in [-0.05, 0) is 32.1 Å². The third-order valence-corrected chi connectivity index (χ3v) is 14.3. The lowest BCUT2D eigenvalue weighted by molar-refractivity contribution is -0.143. The Bertz CT molecular complexity index is 1880. The minimum Gasteiger partial charge on any atom is -0.481 e. The van der Waals surface area contributed by atoms with E-state index in [0.29, 0.717) is 43.5 Å². The van der Waals surface area contributed by atoms with E-state index in [1.54, 1.807) is 0 Å². The molecule has 0 spiro atoms. The molecule has 0 saturated carbocycles. The standard InChI is InChI=1S/C29H50N7O20P3S2/c30-18(27(42)33-10-3-1-2-6-23(39)34-19(28(43)44)7-8-25(40)41)16-61-60-12-9-22(38)32-11-4-5-17-14-36(29(45)35-26(17)31)24-13-20(37)21(54-24)15-53-58(49,50)56-59(51,52)55-57(46,47)48/h14,18-21,24,37H,1-13,15-16,30H2,(H,32,38)(H,33,42)(H,34,39)(H,40,41)(H,43,44)(H,49,50)(H,51,52)(H2,31,35,45)(H2,46,47,48)/t18?,19?,20-,21-,24-/m1/s1. The van der Waals surface area contributed by atoms with Crippen molar-refractivity contribution in [2.45, 2.75) is 94.7 Å². The zero-order chi connectivity index (χ0) is 46.0. The Hall–Kier alpha value is -2.98. The number of carboxylic acids is 2. The highest BCUT2D eigenvalue weighted by Gasteiger charge is 2.43. The summed E-state index contributed by atoms with van der Waals surface area (Å²) in [5.41, 5.74) is 11.4. The van der Waals surface area contributed by atoms with Crippen LogP contribution in [-0.4, -0.2) is 130 Å². The van der Waals surface area contributed by atoms with Gasteiger partial charge >= 0.3 is 41.1 Å². The number of hydrogen-bond donors (Lipinski definition) is 12. The monoisotopic (exact) mass is 973 g/mol. The fourth-order valence-electron chi connectivity index (χ4n) is 5.13. The molecule has 3 amide bonds. The number of aliphatic hydroxyl groups is 1. The number of ether oxygens (including phenoxy) is 1. The van der Waals surface area contributed by atoms with Crippen molar-refractivity contribution in [2.75, 3.05) is 36.9 Å². The van der Waals surface area contributed by atoms with Crippen LogP contribution in [0.4, 0.5) is 5.82 Å². The molecule has 14 N–H and O–H groups in total. The Kier molecular flexibility index (Phi) is 23.0. The van der Waals surface area contributed by atoms with Crippen molar-refractivity contribution in [2.24, 2.45) is 5.73 Å². The first kappa shape index (κ1) is 54.2. The molecule has 0 aromatic carbocycles. The number of nitrogen functional groups attached to an aromatic ring is 1. The largest absolute Gasteiger partial charge is 0.490 e. The molecule has 2 rings (SSSR count). The van der Waals surface area contributed by atoms with Gasteiger partial charge < -0.3 is 67.0 Å². The number of aliphatic hydroxyl groups excluding tert-OH is 1. The van der Waals surface area contributed by atoms with Gasteiger partial charge in [-0.3, -0.25) is 28.3 Å². The number of hydrogen-bond acceptors (Lipinski definition) is 19. The SMILES string of the molecule is Nc1nc(=O)n([C@H]2C[C@@H](O)[C@@H](COP(=O)(O)OP(=O)(O)OP(=O)(O)O)O2)cc1CCCNC(=O)CCSSCC(N)C(=O)NCCCCCC(=O)NC(CCC(=O)O)C(=O)O. The Morgan fingerprint density at radius 1 is 0.934 bits per heavy atom. The number of aryl methyl sites for hydroxylation is 1. The first-order valence-electron chi connectivity index (χ1n) is 18.2. The third kappa shape index (κ3) is 22.3. The van der Waals surface area contributed by atoms with Crippen molar-refractivity contribution >= 4 is 80.5 Å². The molecule has 1 aliphatic heterocycles. The summed E-state index contributed by atoms with van der Waals surface area (Å²) in [5, 5.41) is 36.0. The lowest BCUT2D eigenvalue weighted by Gasteiger charge is -2.19. The molecule has 2 heterocycles. The molecule has 1 aromatic rings. The number of nitrogens with one attached hydrogen (secondary N) is 3. The lowest BCUT2D eigenvalue weighted by atomic mass is 10.1. The molecule has 0 aliphatic carbocycles. The molecule has 27 nitrogen and oxygen atoms in total. The molecule has 32 heteroatoms. The molecule has 1 aliphatic rings. The van der Waals surface area contributed by atoms with Crippen LogP contribution in [0.3, 0.4) is 0 Å². The van der Waals surface area contributed by atoms with Crippen molar-refractivity contribution in [3.8, 4) is 0 Å². The summed E-state index contributed by atoms with van der Waals surface area (Å²) < 4.78 is 52.6. The van der Waals surface area contributed by atoms with E-state index < -0.39 is 90.6 Å². The summed E-state index contributed by atoms with van der Waals surface area (Å²) in [5.74, 6) is -3.02. The highest BCUT2D eigenvalue weighted by molar-refractivity contribution is 8.76. The second-order valence-corrected chi connectivity index (χ2v) is 20.1. The van der Waals surface area contributed by atoms with Crippen LogP contribution in [0.1, 0.15) is 69.6 Å². The molecule has 0 radical (unpaired) electrons. The zero-order valence-corrected chi connectivity index (χ0v) is 36.5. The van der Waals surface area contributed by atoms with E-state index in [1.807, 2.05) is 0 Å². The number of aliphatic carboxylic acids is 2. The molecule has 1 saturated heterocycles. The Balaban J connectivity index is 1.64. The number of phosphoric ester groups is 1. The van der Waals surface area contributed by atoms with E-state index in [1.165, 1.54) is 27.8 Å². The molecule has 348 valence electrons. The highest BCUT2D eigenvalue weighted by atomic mass is 33.1. The van der Waals surface area contributed by atoms with Gasteiger partial charge in [-0.15, -0.1) is 0 Å². The number of nitrogens with zero attached hydrogens (tertiary/aromatic N) is 2. The van der Waals surface area contributed by atoms with Crippen LogP contribution >= 0.6 is 45.1 Å². The highest BCUT2D eigenvalue weighted by Crippen LogP contribution is 2.66. The third-order valence-electron chi connectivity index (χ3n) is 8.08. The summed E-state index contributed by atoms with van der Waals surface area (Å²) in [4.78, 5) is 111. The average molecular weight is 974 g/mol. The molecular weight excluding hydrogens is 923 g/mol. The van der Waals surface area contributed by atoms with Crippen LogP contribution in [0, 0.1) is 0 Å². The number of phosphoric acid groups is 3. The number of carboxylic acid groups (broad SMARTS) is 2. The number of aromatic nitrogens is 2. The number of rotatable bonds is 30. The number of amides is 3. The van der Waals surface area contributed by atoms with Gasteiger partial charge in [0.25, 0.3) is 0 Å². The van der Waals surface area contributed by atoms with Crippen molar-refractivity contribution < 1.29 is 90.4 Å². The van der Waals surface area contributed by atoms with E-state index in [2.05, 4.69) is 34.1 Å². The molecule has 1 fully saturated rings. The molecular formula is C29H50N7O20P3S2. The van der Waals surface area contributed by atoms with Crippen LogP contribution in [0.2, 0.25) is 0 Å². The first-order valence-corrected chi connectivity index (χ1v) is 25.2. The van der Waals surface area contributed by atoms with Crippen molar-refractivity contribution in [3.63, 3.8) is 0 Å². The van der Waals surface area contributed by atoms with Gasteiger partial charge in [-0.2, -0.15) is 13.6 Å². The van der Waals surface area contributed by atoms with Gasteiger partial charge in [0.15, 0.2) is 0 Å². The van der Waals surface area contributed by atoms with Crippen LogP contribution in [0.15, 0.2) is 11.0 Å². The van der Waals surface area contributed by atoms with Gasteiger partial charge in [-0.1, -0.05) is 28.0 Å². The van der Waals surface area contributed by atoms with Crippen molar-refractivity contribution in [1.82, 2.24) is 25.5 Å². The van der Waals surface area contributed by atoms with E-state index in [0.717, 1.165) is 4.57 Å². The van der Waals surface area contributed by atoms with Crippen LogP contribution < -0.4 is 33.1 Å². The van der Waals surface area contributed by atoms with E-state index >= 15 is 0 Å². The zero-order valence-electron chi connectivity index (χ0n) is 32.2. The Morgan fingerprint density at radius 2 is 1.62 bits per heavy atom. The van der Waals surface area contributed by atoms with Gasteiger partial charge in [0.2, 0.25) is 17.7 Å². The van der Waals surface area contributed by atoms with Gasteiger partial charge in [-0.25, -0.2) is 23.3 Å². The van der Waals surface area contributed by atoms with Crippen molar-refractivity contribution in [3.05, 3.63) is 22.2 Å². The minimum absolute atomic E-state index is 0.0448. The lowest BCUT2D eigenvalue weighted by Crippen LogP contribution is -2.42. The number of carbonyl (C=O) groups excluding carboxylic acids is 3. The summed E-state index contributed by atoms with van der Waals surface area (Å²) in [6.45, 7) is -0.397. The smallest absolute Gasteiger partial charge is 0.481 e. The number of carbonyl (C=O) groups is 5. The maximum atomic E-state index is 12.6. The predicted octanol–water partition coefficient (Wildman–Crippen LogP) is -0.924. The maximum Gasteiger partial charge on any atom is 0.490 e. The topological polar surface area (TPSA) is 438 Å². The van der Waals surface area contributed by atoms with Crippen molar-refractivity contribution in [1.29, 1.82) is 0 Å². The molecule has 61 heavy (non-hydrogen) atoms. The summed E-state index contributed by atoms with van der Waals surface area (Å²) in [6.07, 6.45) is -1.13. The fourth-order valence-corrected chi connectivity index (χ4v) is 10.3. The maximum absolute atomic E-state index is 12.6. The Morgan fingerprint density at radius 3 is 2.28 bits per heavy atom. The minimum atomic E-state index is -5.77.